The molecule has 0 saturated carbocycles. The third kappa shape index (κ3) is 3.32. The van der Waals surface area contributed by atoms with Gasteiger partial charge in [-0.2, -0.15) is 0 Å². The molecule has 18 heavy (non-hydrogen) atoms. The van der Waals surface area contributed by atoms with Crippen LogP contribution in [0.1, 0.15) is 32.1 Å². The summed E-state index contributed by atoms with van der Waals surface area (Å²) in [4.78, 5) is 15.8. The molecule has 4 heteroatoms. The first-order chi connectivity index (χ1) is 8.79. The molecule has 1 aromatic heterocycles. The topological polar surface area (TPSA) is 55.1 Å². The van der Waals surface area contributed by atoms with Crippen LogP contribution in [0, 0.1) is 0 Å². The van der Waals surface area contributed by atoms with Crippen molar-refractivity contribution in [3.63, 3.8) is 0 Å². The molecule has 0 saturated heterocycles. The number of hydrogen-bond acceptors (Lipinski definition) is 3. The Hall–Kier alpha value is -1.84. The summed E-state index contributed by atoms with van der Waals surface area (Å²) in [6.07, 6.45) is 3.21. The van der Waals surface area contributed by atoms with Gasteiger partial charge in [0.1, 0.15) is 5.52 Å². The molecule has 0 aliphatic carbocycles. The molecule has 1 heterocycles. The van der Waals surface area contributed by atoms with E-state index in [1.165, 1.54) is 0 Å². The van der Waals surface area contributed by atoms with E-state index in [1.807, 2.05) is 24.3 Å². The largest absolute Gasteiger partial charge is 0.441 e. The van der Waals surface area contributed by atoms with Crippen molar-refractivity contribution in [2.75, 3.05) is 6.54 Å². The molecular weight excluding hydrogens is 228 g/mol. The van der Waals surface area contributed by atoms with Gasteiger partial charge in [0.15, 0.2) is 11.5 Å². The Balaban J connectivity index is 1.81. The third-order valence-electron chi connectivity index (χ3n) is 2.76. The molecule has 0 atom stereocenters. The summed E-state index contributed by atoms with van der Waals surface area (Å²) in [5, 5.41) is 2.87. The maximum absolute atomic E-state index is 11.4. The van der Waals surface area contributed by atoms with E-state index in [2.05, 4.69) is 17.2 Å². The molecule has 2 aromatic rings. The monoisotopic (exact) mass is 246 g/mol. The van der Waals surface area contributed by atoms with Gasteiger partial charge in [0, 0.05) is 19.4 Å². The highest BCUT2D eigenvalue weighted by molar-refractivity contribution is 5.75. The van der Waals surface area contributed by atoms with Crippen LogP contribution < -0.4 is 5.32 Å². The molecule has 0 spiro atoms. The van der Waals surface area contributed by atoms with E-state index in [4.69, 9.17) is 4.42 Å². The Morgan fingerprint density at radius 3 is 3.00 bits per heavy atom. The van der Waals surface area contributed by atoms with Crippen molar-refractivity contribution in [3.8, 4) is 0 Å². The quantitative estimate of drug-likeness (QED) is 0.852. The summed E-state index contributed by atoms with van der Waals surface area (Å²) in [5.74, 6) is 0.778. The SMILES string of the molecule is CCCCC(=O)NCCc1nc2ccccc2o1. The summed E-state index contributed by atoms with van der Waals surface area (Å²) < 4.78 is 5.57. The molecule has 0 unspecified atom stereocenters. The van der Waals surface area contributed by atoms with Crippen molar-refractivity contribution in [2.24, 2.45) is 0 Å². The van der Waals surface area contributed by atoms with Gasteiger partial charge in [-0.25, -0.2) is 4.98 Å². The Kier molecular flexibility index (Phi) is 4.34. The number of hydrogen-bond donors (Lipinski definition) is 1. The highest BCUT2D eigenvalue weighted by Gasteiger charge is 2.05. The van der Waals surface area contributed by atoms with Crippen molar-refractivity contribution in [2.45, 2.75) is 32.6 Å². The lowest BCUT2D eigenvalue weighted by atomic mass is 10.2. The Morgan fingerprint density at radius 1 is 1.39 bits per heavy atom. The molecule has 96 valence electrons. The van der Waals surface area contributed by atoms with Crippen LogP contribution in [0.2, 0.25) is 0 Å². The zero-order valence-electron chi connectivity index (χ0n) is 10.6. The molecule has 1 N–H and O–H groups in total. The van der Waals surface area contributed by atoms with Crippen molar-refractivity contribution in [1.82, 2.24) is 10.3 Å². The summed E-state index contributed by atoms with van der Waals surface area (Å²) in [6, 6.07) is 7.67. The van der Waals surface area contributed by atoms with E-state index < -0.39 is 0 Å². The number of fused-ring (bicyclic) bond motifs is 1. The van der Waals surface area contributed by atoms with E-state index in [1.54, 1.807) is 0 Å². The second-order valence-electron chi connectivity index (χ2n) is 4.28. The van der Waals surface area contributed by atoms with Gasteiger partial charge in [-0.1, -0.05) is 25.5 Å². The van der Waals surface area contributed by atoms with E-state index in [-0.39, 0.29) is 5.91 Å². The highest BCUT2D eigenvalue weighted by atomic mass is 16.3. The highest BCUT2D eigenvalue weighted by Crippen LogP contribution is 2.14. The lowest BCUT2D eigenvalue weighted by molar-refractivity contribution is -0.121. The minimum Gasteiger partial charge on any atom is -0.441 e. The summed E-state index contributed by atoms with van der Waals surface area (Å²) in [7, 11) is 0. The smallest absolute Gasteiger partial charge is 0.220 e. The van der Waals surface area contributed by atoms with Crippen LogP contribution in [0.15, 0.2) is 28.7 Å². The number of oxazole rings is 1. The predicted molar refractivity (Wildman–Crippen MR) is 70.2 cm³/mol. The average Bonchev–Trinajstić information content (AvgIpc) is 2.79. The van der Waals surface area contributed by atoms with Crippen LogP contribution in [-0.4, -0.2) is 17.4 Å². The number of rotatable bonds is 6. The molecule has 4 nitrogen and oxygen atoms in total. The number of carbonyl (C=O) groups excluding carboxylic acids is 1. The molecule has 0 radical (unpaired) electrons. The zero-order valence-corrected chi connectivity index (χ0v) is 10.6. The third-order valence-corrected chi connectivity index (χ3v) is 2.76. The predicted octanol–water partition coefficient (Wildman–Crippen LogP) is 2.68. The van der Waals surface area contributed by atoms with Crippen molar-refractivity contribution < 1.29 is 9.21 Å². The Labute approximate surface area is 106 Å². The fourth-order valence-corrected chi connectivity index (χ4v) is 1.76. The van der Waals surface area contributed by atoms with Gasteiger partial charge in [0.2, 0.25) is 5.91 Å². The number of carbonyl (C=O) groups is 1. The van der Waals surface area contributed by atoms with Crippen LogP contribution >= 0.6 is 0 Å². The standard InChI is InChI=1S/C14H18N2O2/c1-2-3-8-13(17)15-10-9-14-16-11-6-4-5-7-12(11)18-14/h4-7H,2-3,8-10H2,1H3,(H,15,17). The number of benzene rings is 1. The van der Waals surface area contributed by atoms with Crippen LogP contribution in [-0.2, 0) is 11.2 Å². The lowest BCUT2D eigenvalue weighted by Crippen LogP contribution is -2.25. The molecule has 0 aliphatic rings. The number of nitrogens with zero attached hydrogens (tertiary/aromatic N) is 1. The van der Waals surface area contributed by atoms with Gasteiger partial charge >= 0.3 is 0 Å². The average molecular weight is 246 g/mol. The molecule has 0 aliphatic heterocycles. The second kappa shape index (κ2) is 6.19. The fraction of sp³-hybridized carbons (Fsp3) is 0.429. The van der Waals surface area contributed by atoms with Gasteiger partial charge in [0.05, 0.1) is 0 Å². The maximum atomic E-state index is 11.4. The second-order valence-corrected chi connectivity index (χ2v) is 4.28. The Bertz CT molecular complexity index is 486. The van der Waals surface area contributed by atoms with Crippen LogP contribution in [0.25, 0.3) is 11.1 Å². The van der Waals surface area contributed by atoms with E-state index in [0.29, 0.717) is 25.3 Å². The van der Waals surface area contributed by atoms with Gasteiger partial charge in [-0.05, 0) is 18.6 Å². The molecular formula is C14H18N2O2. The van der Waals surface area contributed by atoms with Gasteiger partial charge < -0.3 is 9.73 Å². The van der Waals surface area contributed by atoms with E-state index >= 15 is 0 Å². The van der Waals surface area contributed by atoms with Gasteiger partial charge in [0.25, 0.3) is 0 Å². The van der Waals surface area contributed by atoms with E-state index in [0.717, 1.165) is 23.9 Å². The van der Waals surface area contributed by atoms with Crippen molar-refractivity contribution >= 4 is 17.0 Å². The number of aromatic nitrogens is 1. The van der Waals surface area contributed by atoms with Crippen LogP contribution in [0.4, 0.5) is 0 Å². The fourth-order valence-electron chi connectivity index (χ4n) is 1.76. The first-order valence-corrected chi connectivity index (χ1v) is 6.40. The molecule has 1 amide bonds. The summed E-state index contributed by atoms with van der Waals surface area (Å²) in [5.41, 5.74) is 1.66. The van der Waals surface area contributed by atoms with Gasteiger partial charge in [-0.15, -0.1) is 0 Å². The van der Waals surface area contributed by atoms with Crippen molar-refractivity contribution in [1.29, 1.82) is 0 Å². The minimum absolute atomic E-state index is 0.105. The Morgan fingerprint density at radius 2 is 2.22 bits per heavy atom. The van der Waals surface area contributed by atoms with Crippen LogP contribution in [0.5, 0.6) is 0 Å². The number of nitrogens with one attached hydrogen (secondary N) is 1. The van der Waals surface area contributed by atoms with Gasteiger partial charge in [-0.3, -0.25) is 4.79 Å². The first kappa shape index (κ1) is 12.6. The molecule has 0 bridgehead atoms. The minimum atomic E-state index is 0.105. The maximum Gasteiger partial charge on any atom is 0.220 e. The molecule has 1 aromatic carbocycles. The van der Waals surface area contributed by atoms with Crippen molar-refractivity contribution in [3.05, 3.63) is 30.2 Å². The molecule has 2 rings (SSSR count). The summed E-state index contributed by atoms with van der Waals surface area (Å²) in [6.45, 7) is 2.65. The van der Waals surface area contributed by atoms with E-state index in [9.17, 15) is 4.79 Å². The first-order valence-electron chi connectivity index (χ1n) is 6.40. The molecule has 0 fully saturated rings. The lowest BCUT2D eigenvalue weighted by Gasteiger charge is -2.02. The number of amides is 1. The summed E-state index contributed by atoms with van der Waals surface area (Å²) >= 11 is 0. The number of para-hydroxylation sites is 2. The van der Waals surface area contributed by atoms with Crippen LogP contribution in [0.3, 0.4) is 0 Å². The number of unbranched alkanes of at least 4 members (excludes halogenated alkanes) is 1. The zero-order chi connectivity index (χ0) is 12.8. The normalized spacial score (nSPS) is 10.7.